The van der Waals surface area contributed by atoms with Crippen LogP contribution in [-0.4, -0.2) is 18.5 Å². The summed E-state index contributed by atoms with van der Waals surface area (Å²) in [5.41, 5.74) is 3.49. The molecule has 3 rings (SSSR count). The molecule has 0 saturated heterocycles. The zero-order chi connectivity index (χ0) is 19.1. The molecule has 5 nitrogen and oxygen atoms in total. The molecule has 5 heteroatoms. The lowest BCUT2D eigenvalue weighted by atomic mass is 10.1. The molecule has 3 aromatic carbocycles. The van der Waals surface area contributed by atoms with Gasteiger partial charge in [0.25, 0.3) is 5.91 Å². The van der Waals surface area contributed by atoms with Crippen molar-refractivity contribution in [2.24, 2.45) is 0 Å². The zero-order valence-corrected chi connectivity index (χ0v) is 14.4. The highest BCUT2D eigenvalue weighted by atomic mass is 16.5. The first-order chi connectivity index (χ1) is 13.2. The third-order valence-electron chi connectivity index (χ3n) is 3.84. The molecule has 0 radical (unpaired) electrons. The fraction of sp³-hybridized carbons (Fsp3) is 0.0455. The van der Waals surface area contributed by atoms with Crippen LogP contribution in [0.5, 0.6) is 0 Å². The number of carbonyl (C=O) groups is 2. The molecule has 0 aliphatic heterocycles. The zero-order valence-electron chi connectivity index (χ0n) is 14.4. The number of nitrogens with one attached hydrogen (secondary N) is 1. The van der Waals surface area contributed by atoms with Crippen molar-refractivity contribution in [1.29, 1.82) is 0 Å². The molecule has 132 valence electrons. The van der Waals surface area contributed by atoms with Gasteiger partial charge in [0, 0.05) is 5.69 Å². The third kappa shape index (κ3) is 4.80. The predicted octanol–water partition coefficient (Wildman–Crippen LogP) is 4.70. The third-order valence-corrected chi connectivity index (χ3v) is 3.84. The standard InChI is InChI=1S/C22H16N2O3/c1-23-19-11-9-18(10-12-19)22(26)27-15-21(25)24-20-13-7-17(8-14-20)16-5-3-2-4-6-16/h2-14H,15H2,(H,24,25). The average molecular weight is 356 g/mol. The lowest BCUT2D eigenvalue weighted by Crippen LogP contribution is -2.20. The van der Waals surface area contributed by atoms with E-state index in [9.17, 15) is 9.59 Å². The quantitative estimate of drug-likeness (QED) is 0.532. The van der Waals surface area contributed by atoms with Crippen molar-refractivity contribution in [3.63, 3.8) is 0 Å². The van der Waals surface area contributed by atoms with Gasteiger partial charge in [-0.2, -0.15) is 0 Å². The number of benzene rings is 3. The van der Waals surface area contributed by atoms with Gasteiger partial charge in [-0.1, -0.05) is 66.7 Å². The largest absolute Gasteiger partial charge is 0.452 e. The minimum atomic E-state index is -0.610. The SMILES string of the molecule is [C-]#[N+]c1ccc(C(=O)OCC(=O)Nc2ccc(-c3ccccc3)cc2)cc1. The molecule has 0 fully saturated rings. The van der Waals surface area contributed by atoms with Gasteiger partial charge in [0.05, 0.1) is 12.1 Å². The van der Waals surface area contributed by atoms with Crippen molar-refractivity contribution in [3.05, 3.63) is 95.8 Å². The van der Waals surface area contributed by atoms with E-state index in [0.717, 1.165) is 11.1 Å². The molecule has 0 aromatic heterocycles. The molecule has 0 spiro atoms. The summed E-state index contributed by atoms with van der Waals surface area (Å²) in [6.07, 6.45) is 0. The van der Waals surface area contributed by atoms with Crippen LogP contribution in [-0.2, 0) is 9.53 Å². The fourth-order valence-corrected chi connectivity index (χ4v) is 2.46. The van der Waals surface area contributed by atoms with Gasteiger partial charge < -0.3 is 10.1 Å². The van der Waals surface area contributed by atoms with E-state index in [2.05, 4.69) is 10.2 Å². The molecular formula is C22H16N2O3. The molecule has 0 bridgehead atoms. The van der Waals surface area contributed by atoms with Crippen molar-refractivity contribution in [2.75, 3.05) is 11.9 Å². The molecule has 0 aliphatic carbocycles. The number of nitrogens with zero attached hydrogens (tertiary/aromatic N) is 1. The lowest BCUT2D eigenvalue weighted by Gasteiger charge is -2.08. The molecule has 0 heterocycles. The van der Waals surface area contributed by atoms with Crippen molar-refractivity contribution in [3.8, 4) is 11.1 Å². The summed E-state index contributed by atoms with van der Waals surface area (Å²) >= 11 is 0. The smallest absolute Gasteiger partial charge is 0.338 e. The molecule has 1 amide bonds. The Labute approximate surface area is 157 Å². The second kappa shape index (κ2) is 8.45. The average Bonchev–Trinajstić information content (AvgIpc) is 2.73. The van der Waals surface area contributed by atoms with Gasteiger partial charge in [-0.15, -0.1) is 0 Å². The van der Waals surface area contributed by atoms with Crippen LogP contribution in [0, 0.1) is 6.57 Å². The van der Waals surface area contributed by atoms with Crippen LogP contribution in [0.2, 0.25) is 0 Å². The highest BCUT2D eigenvalue weighted by Gasteiger charge is 2.10. The van der Waals surface area contributed by atoms with Gasteiger partial charge in [0.1, 0.15) is 0 Å². The Bertz CT molecular complexity index is 973. The summed E-state index contributed by atoms with van der Waals surface area (Å²) < 4.78 is 5.00. The minimum absolute atomic E-state index is 0.294. The Hall–Kier alpha value is -3.91. The Morgan fingerprint density at radius 2 is 1.48 bits per heavy atom. The lowest BCUT2D eigenvalue weighted by molar-refractivity contribution is -0.119. The maximum Gasteiger partial charge on any atom is 0.338 e. The first-order valence-electron chi connectivity index (χ1n) is 8.26. The van der Waals surface area contributed by atoms with E-state index in [4.69, 9.17) is 11.3 Å². The molecule has 1 N–H and O–H groups in total. The fourth-order valence-electron chi connectivity index (χ4n) is 2.46. The Morgan fingerprint density at radius 3 is 2.11 bits per heavy atom. The number of carbonyl (C=O) groups excluding carboxylic acids is 2. The van der Waals surface area contributed by atoms with Crippen LogP contribution < -0.4 is 5.32 Å². The molecular weight excluding hydrogens is 340 g/mol. The van der Waals surface area contributed by atoms with Crippen molar-refractivity contribution in [2.45, 2.75) is 0 Å². The van der Waals surface area contributed by atoms with Crippen LogP contribution in [0.4, 0.5) is 11.4 Å². The monoisotopic (exact) mass is 356 g/mol. The van der Waals surface area contributed by atoms with E-state index in [1.54, 1.807) is 12.1 Å². The number of esters is 1. The van der Waals surface area contributed by atoms with Crippen molar-refractivity contribution < 1.29 is 14.3 Å². The van der Waals surface area contributed by atoms with Crippen LogP contribution >= 0.6 is 0 Å². The van der Waals surface area contributed by atoms with Crippen LogP contribution in [0.3, 0.4) is 0 Å². The maximum atomic E-state index is 12.0. The summed E-state index contributed by atoms with van der Waals surface area (Å²) in [5, 5.41) is 2.69. The predicted molar refractivity (Wildman–Crippen MR) is 103 cm³/mol. The number of anilines is 1. The second-order valence-corrected chi connectivity index (χ2v) is 5.73. The maximum absolute atomic E-state index is 12.0. The van der Waals surface area contributed by atoms with E-state index >= 15 is 0 Å². The van der Waals surface area contributed by atoms with Gasteiger partial charge in [0.2, 0.25) is 0 Å². The highest BCUT2D eigenvalue weighted by Crippen LogP contribution is 2.21. The molecule has 3 aromatic rings. The van der Waals surface area contributed by atoms with Crippen LogP contribution in [0.25, 0.3) is 16.0 Å². The van der Waals surface area contributed by atoms with E-state index in [-0.39, 0.29) is 6.61 Å². The number of amides is 1. The van der Waals surface area contributed by atoms with Gasteiger partial charge in [0.15, 0.2) is 12.3 Å². The van der Waals surface area contributed by atoms with Crippen LogP contribution in [0.15, 0.2) is 78.9 Å². The van der Waals surface area contributed by atoms with Gasteiger partial charge in [-0.25, -0.2) is 9.64 Å². The first kappa shape index (κ1) is 17.9. The van der Waals surface area contributed by atoms with E-state index < -0.39 is 11.9 Å². The van der Waals surface area contributed by atoms with Crippen molar-refractivity contribution in [1.82, 2.24) is 0 Å². The van der Waals surface area contributed by atoms with Gasteiger partial charge in [-0.3, -0.25) is 4.79 Å². The van der Waals surface area contributed by atoms with E-state index in [1.165, 1.54) is 24.3 Å². The Morgan fingerprint density at radius 1 is 0.852 bits per heavy atom. The summed E-state index contributed by atoms with van der Waals surface area (Å²) in [7, 11) is 0. The first-order valence-corrected chi connectivity index (χ1v) is 8.26. The topological polar surface area (TPSA) is 59.8 Å². The normalized spacial score (nSPS) is 9.89. The van der Waals surface area contributed by atoms with E-state index in [0.29, 0.717) is 16.9 Å². The second-order valence-electron chi connectivity index (χ2n) is 5.73. The summed E-state index contributed by atoms with van der Waals surface area (Å²) in [4.78, 5) is 27.1. The Balaban J connectivity index is 1.53. The highest BCUT2D eigenvalue weighted by molar-refractivity contribution is 5.95. The molecule has 0 atom stereocenters. The van der Waals surface area contributed by atoms with Crippen molar-refractivity contribution >= 4 is 23.3 Å². The summed E-state index contributed by atoms with van der Waals surface area (Å²) in [5.74, 6) is -1.03. The number of ether oxygens (including phenoxy) is 1. The molecule has 0 aliphatic rings. The summed E-state index contributed by atoms with van der Waals surface area (Å²) in [6.45, 7) is 6.50. The number of rotatable bonds is 5. The molecule has 27 heavy (non-hydrogen) atoms. The van der Waals surface area contributed by atoms with Crippen LogP contribution in [0.1, 0.15) is 10.4 Å². The van der Waals surface area contributed by atoms with Gasteiger partial charge in [-0.05, 0) is 23.3 Å². The summed E-state index contributed by atoms with van der Waals surface area (Å²) in [6, 6.07) is 23.4. The van der Waals surface area contributed by atoms with E-state index in [1.807, 2.05) is 42.5 Å². The number of hydrogen-bond donors (Lipinski definition) is 1. The minimum Gasteiger partial charge on any atom is -0.452 e. The molecule has 0 saturated carbocycles. The van der Waals surface area contributed by atoms with Gasteiger partial charge >= 0.3 is 5.97 Å². The molecule has 0 unspecified atom stereocenters. The Kier molecular flexibility index (Phi) is 5.60. The number of hydrogen-bond acceptors (Lipinski definition) is 3.